The van der Waals surface area contributed by atoms with Gasteiger partial charge in [-0.15, -0.1) is 0 Å². The molecule has 0 bridgehead atoms. The van der Waals surface area contributed by atoms with Crippen molar-refractivity contribution >= 4 is 15.9 Å². The molecule has 2 N–H and O–H groups in total. The van der Waals surface area contributed by atoms with Gasteiger partial charge in [-0.3, -0.25) is 0 Å². The van der Waals surface area contributed by atoms with E-state index in [1.165, 1.54) is 18.4 Å². The number of hydrogen-bond acceptors (Lipinski definition) is 2. The highest BCUT2D eigenvalue weighted by molar-refractivity contribution is 9.10. The van der Waals surface area contributed by atoms with Crippen LogP contribution in [0.1, 0.15) is 24.8 Å². The Balaban J connectivity index is 1.92. The number of rotatable bonds is 5. The monoisotopic (exact) mass is 283 g/mol. The number of nitrogens with two attached hydrogens (primary N) is 1. The third-order valence-electron chi connectivity index (χ3n) is 3.31. The molecule has 1 aromatic carbocycles. The third-order valence-corrected chi connectivity index (χ3v) is 4.20. The maximum absolute atomic E-state index is 5.85. The molecule has 1 fully saturated rings. The molecule has 1 aliphatic rings. The van der Waals surface area contributed by atoms with Crippen molar-refractivity contribution in [3.8, 4) is 5.75 Å². The first-order valence-corrected chi connectivity index (χ1v) is 6.54. The molecule has 1 aromatic rings. The Hall–Kier alpha value is -0.540. The minimum absolute atomic E-state index is 0.385. The van der Waals surface area contributed by atoms with Crippen LogP contribution in [0.25, 0.3) is 0 Å². The molecular weight excluding hydrogens is 266 g/mol. The minimum atomic E-state index is 0.385. The van der Waals surface area contributed by atoms with Gasteiger partial charge in [-0.2, -0.15) is 0 Å². The molecule has 0 atom stereocenters. The topological polar surface area (TPSA) is 35.2 Å². The van der Waals surface area contributed by atoms with Gasteiger partial charge in [-0.05, 0) is 56.5 Å². The maximum Gasteiger partial charge on any atom is 0.119 e. The van der Waals surface area contributed by atoms with Crippen LogP contribution < -0.4 is 10.5 Å². The fraction of sp³-hybridized carbons (Fsp3) is 0.538. The zero-order valence-corrected chi connectivity index (χ0v) is 11.2. The number of ether oxygens (including phenoxy) is 1. The smallest absolute Gasteiger partial charge is 0.119 e. The van der Waals surface area contributed by atoms with E-state index in [-0.39, 0.29) is 0 Å². The van der Waals surface area contributed by atoms with E-state index in [1.807, 2.05) is 12.1 Å². The molecule has 0 heterocycles. The first-order chi connectivity index (χ1) is 7.65. The maximum atomic E-state index is 5.85. The van der Waals surface area contributed by atoms with Gasteiger partial charge in [0, 0.05) is 9.89 Å². The van der Waals surface area contributed by atoms with E-state index >= 15 is 0 Å². The molecule has 0 amide bonds. The molecule has 0 aromatic heterocycles. The second-order valence-electron chi connectivity index (χ2n) is 4.74. The Bertz CT molecular complexity index is 374. The fourth-order valence-electron chi connectivity index (χ4n) is 1.89. The van der Waals surface area contributed by atoms with E-state index in [1.54, 1.807) is 0 Å². The van der Waals surface area contributed by atoms with Gasteiger partial charge in [0.2, 0.25) is 0 Å². The number of aryl methyl sites for hydroxylation is 1. The minimum Gasteiger partial charge on any atom is -0.493 e. The van der Waals surface area contributed by atoms with Crippen LogP contribution in [0, 0.1) is 12.3 Å². The van der Waals surface area contributed by atoms with Crippen molar-refractivity contribution < 1.29 is 4.74 Å². The molecule has 88 valence electrons. The van der Waals surface area contributed by atoms with Crippen LogP contribution >= 0.6 is 15.9 Å². The fourth-order valence-corrected chi connectivity index (χ4v) is 2.14. The summed E-state index contributed by atoms with van der Waals surface area (Å²) in [6.45, 7) is 3.65. The van der Waals surface area contributed by atoms with Crippen molar-refractivity contribution in [3.63, 3.8) is 0 Å². The van der Waals surface area contributed by atoms with E-state index < -0.39 is 0 Å². The Kier molecular flexibility index (Phi) is 3.55. The third kappa shape index (κ3) is 2.77. The predicted octanol–water partition coefficient (Wildman–Crippen LogP) is 3.27. The number of benzene rings is 1. The van der Waals surface area contributed by atoms with Crippen LogP contribution in [0.15, 0.2) is 22.7 Å². The van der Waals surface area contributed by atoms with Gasteiger partial charge < -0.3 is 10.5 Å². The van der Waals surface area contributed by atoms with Gasteiger partial charge in [-0.25, -0.2) is 0 Å². The summed E-state index contributed by atoms with van der Waals surface area (Å²) in [5, 5.41) is 0. The summed E-state index contributed by atoms with van der Waals surface area (Å²) in [6.07, 6.45) is 3.61. The first kappa shape index (κ1) is 11.9. The zero-order chi connectivity index (χ0) is 11.6. The second kappa shape index (κ2) is 4.76. The molecule has 0 unspecified atom stereocenters. The van der Waals surface area contributed by atoms with Crippen LogP contribution in [0.5, 0.6) is 5.75 Å². The normalized spacial score (nSPS) is 17.2. The highest BCUT2D eigenvalue weighted by Gasteiger charge is 2.42. The average Bonchev–Trinajstić information content (AvgIpc) is 3.01. The van der Waals surface area contributed by atoms with Crippen LogP contribution in [-0.4, -0.2) is 13.2 Å². The summed E-state index contributed by atoms with van der Waals surface area (Å²) in [5.41, 5.74) is 7.20. The molecule has 16 heavy (non-hydrogen) atoms. The van der Waals surface area contributed by atoms with Crippen molar-refractivity contribution in [1.82, 2.24) is 0 Å². The molecule has 2 rings (SSSR count). The van der Waals surface area contributed by atoms with E-state index in [0.29, 0.717) is 5.41 Å². The molecule has 1 saturated carbocycles. The van der Waals surface area contributed by atoms with Crippen LogP contribution in [0.2, 0.25) is 0 Å². The molecule has 1 aliphatic carbocycles. The van der Waals surface area contributed by atoms with Crippen LogP contribution in [0.4, 0.5) is 0 Å². The Morgan fingerprint density at radius 3 is 2.75 bits per heavy atom. The van der Waals surface area contributed by atoms with Gasteiger partial charge in [0.25, 0.3) is 0 Å². The van der Waals surface area contributed by atoms with E-state index in [9.17, 15) is 0 Å². The van der Waals surface area contributed by atoms with Gasteiger partial charge in [0.1, 0.15) is 5.75 Å². The molecule has 3 heteroatoms. The SMILES string of the molecule is Cc1cc(OCC2(CCN)CC2)ccc1Br. The lowest BCUT2D eigenvalue weighted by atomic mass is 10.0. The van der Waals surface area contributed by atoms with E-state index in [4.69, 9.17) is 10.5 Å². The molecule has 0 saturated heterocycles. The lowest BCUT2D eigenvalue weighted by Gasteiger charge is -2.15. The van der Waals surface area contributed by atoms with E-state index in [2.05, 4.69) is 28.9 Å². The quantitative estimate of drug-likeness (QED) is 0.900. The van der Waals surface area contributed by atoms with Crippen LogP contribution in [0.3, 0.4) is 0 Å². The summed E-state index contributed by atoms with van der Waals surface area (Å²) < 4.78 is 6.97. The lowest BCUT2D eigenvalue weighted by Crippen LogP contribution is -2.17. The summed E-state index contributed by atoms with van der Waals surface area (Å²) in [7, 11) is 0. The molecule has 0 aliphatic heterocycles. The Morgan fingerprint density at radius 1 is 1.44 bits per heavy atom. The summed E-state index contributed by atoms with van der Waals surface area (Å²) in [6, 6.07) is 6.12. The number of hydrogen-bond donors (Lipinski definition) is 1. The zero-order valence-electron chi connectivity index (χ0n) is 9.63. The van der Waals surface area contributed by atoms with Crippen molar-refractivity contribution in [2.45, 2.75) is 26.2 Å². The summed E-state index contributed by atoms with van der Waals surface area (Å²) >= 11 is 3.49. The average molecular weight is 284 g/mol. The van der Waals surface area contributed by atoms with Crippen molar-refractivity contribution in [2.75, 3.05) is 13.2 Å². The van der Waals surface area contributed by atoms with Crippen molar-refractivity contribution in [2.24, 2.45) is 11.1 Å². The molecule has 0 radical (unpaired) electrons. The van der Waals surface area contributed by atoms with Gasteiger partial charge in [0.15, 0.2) is 0 Å². The van der Waals surface area contributed by atoms with Crippen molar-refractivity contribution in [3.05, 3.63) is 28.2 Å². The first-order valence-electron chi connectivity index (χ1n) is 5.74. The molecular formula is C13H18BrNO. The van der Waals surface area contributed by atoms with Crippen molar-refractivity contribution in [1.29, 1.82) is 0 Å². The van der Waals surface area contributed by atoms with Gasteiger partial charge in [0.05, 0.1) is 6.61 Å². The Labute approximate surface area is 105 Å². The highest BCUT2D eigenvalue weighted by atomic mass is 79.9. The van der Waals surface area contributed by atoms with Crippen LogP contribution in [-0.2, 0) is 0 Å². The highest BCUT2D eigenvalue weighted by Crippen LogP contribution is 2.48. The standard InChI is InChI=1S/C13H18BrNO/c1-10-8-11(2-3-12(10)14)16-9-13(4-5-13)6-7-15/h2-3,8H,4-7,9,15H2,1H3. The largest absolute Gasteiger partial charge is 0.493 e. The summed E-state index contributed by atoms with van der Waals surface area (Å²) in [5.74, 6) is 0.962. The Morgan fingerprint density at radius 2 is 2.19 bits per heavy atom. The number of halogens is 1. The molecule has 2 nitrogen and oxygen atoms in total. The van der Waals surface area contributed by atoms with Gasteiger partial charge >= 0.3 is 0 Å². The second-order valence-corrected chi connectivity index (χ2v) is 5.59. The predicted molar refractivity (Wildman–Crippen MR) is 69.7 cm³/mol. The summed E-state index contributed by atoms with van der Waals surface area (Å²) in [4.78, 5) is 0. The lowest BCUT2D eigenvalue weighted by molar-refractivity contribution is 0.227. The van der Waals surface area contributed by atoms with E-state index in [0.717, 1.165) is 29.8 Å². The van der Waals surface area contributed by atoms with Gasteiger partial charge in [-0.1, -0.05) is 15.9 Å². The molecule has 0 spiro atoms.